The van der Waals surface area contributed by atoms with Gasteiger partial charge in [0.2, 0.25) is 0 Å². The number of benzene rings is 3. The van der Waals surface area contributed by atoms with Crippen LogP contribution in [0.2, 0.25) is 17.3 Å². The van der Waals surface area contributed by atoms with Crippen molar-refractivity contribution in [2.24, 2.45) is 0 Å². The third kappa shape index (κ3) is 4.48. The Kier molecular flexibility index (Phi) is 5.60. The first kappa shape index (κ1) is 21.8. The van der Waals surface area contributed by atoms with Gasteiger partial charge in [-0.1, -0.05) is 6.07 Å². The van der Waals surface area contributed by atoms with E-state index < -0.39 is 13.3 Å². The molecule has 3 aromatic carbocycles. The second-order valence-electron chi connectivity index (χ2n) is 10.7. The van der Waals surface area contributed by atoms with Crippen LogP contribution in [-0.2, 0) is 5.41 Å². The molecule has 0 radical (unpaired) electrons. The first-order valence-corrected chi connectivity index (χ1v) is 18.5. The summed E-state index contributed by atoms with van der Waals surface area (Å²) in [6.45, 7) is 9.01. The maximum absolute atomic E-state index is 4.83. The number of nitrogens with zero attached hydrogens (tertiary/aromatic N) is 1. The summed E-state index contributed by atoms with van der Waals surface area (Å²) in [5.41, 5.74) is 7.41. The van der Waals surface area contributed by atoms with E-state index in [1.165, 1.54) is 38.6 Å². The van der Waals surface area contributed by atoms with Crippen molar-refractivity contribution in [3.63, 3.8) is 0 Å². The Morgan fingerprint density at radius 2 is 1.45 bits per heavy atom. The number of pyridine rings is 1. The van der Waals surface area contributed by atoms with Gasteiger partial charge in [-0.15, -0.1) is 0 Å². The zero-order valence-corrected chi connectivity index (χ0v) is 22.0. The van der Waals surface area contributed by atoms with E-state index in [9.17, 15) is 0 Å². The molecule has 0 unspecified atom stereocenters. The van der Waals surface area contributed by atoms with Gasteiger partial charge in [0.1, 0.15) is 0 Å². The third-order valence-corrected chi connectivity index (χ3v) is 10.5. The Hall–Kier alpha value is -2.39. The van der Waals surface area contributed by atoms with Gasteiger partial charge >= 0.3 is 184 Å². The number of rotatable bonds is 3. The molecule has 0 saturated carbocycles. The van der Waals surface area contributed by atoms with Gasteiger partial charge in [0.25, 0.3) is 0 Å². The fourth-order valence-corrected chi connectivity index (χ4v) is 6.67. The van der Waals surface area contributed by atoms with E-state index in [0.717, 1.165) is 5.69 Å². The molecule has 4 aromatic rings. The fourth-order valence-electron chi connectivity index (χ4n) is 4.22. The van der Waals surface area contributed by atoms with Gasteiger partial charge in [0.05, 0.1) is 0 Å². The SMILES string of the molecule is Cc1cnc(-c2cc(C(C)(C)C)c3ccccc3c2)cc1-c1cc[c]([Ge]([CH3])([CH3])[CH3])cc1. The molecule has 4 rings (SSSR count). The first-order chi connectivity index (χ1) is 14.5. The molecule has 1 aromatic heterocycles. The number of aryl methyl sites for hydroxylation is 1. The molecule has 2 heteroatoms. The van der Waals surface area contributed by atoms with Crippen molar-refractivity contribution in [3.05, 3.63) is 84.1 Å². The minimum atomic E-state index is -1.81. The van der Waals surface area contributed by atoms with Gasteiger partial charge in [-0.25, -0.2) is 0 Å². The van der Waals surface area contributed by atoms with Crippen LogP contribution in [0.15, 0.2) is 72.9 Å². The van der Waals surface area contributed by atoms with E-state index in [1.807, 2.05) is 6.20 Å². The van der Waals surface area contributed by atoms with Crippen LogP contribution in [0.1, 0.15) is 31.9 Å². The molecule has 0 N–H and O–H groups in total. The van der Waals surface area contributed by atoms with Crippen molar-refractivity contribution in [2.45, 2.75) is 50.4 Å². The quantitative estimate of drug-likeness (QED) is 0.281. The average molecular weight is 468 g/mol. The van der Waals surface area contributed by atoms with Crippen LogP contribution in [0.4, 0.5) is 0 Å². The summed E-state index contributed by atoms with van der Waals surface area (Å²) in [6, 6.07) is 24.8. The van der Waals surface area contributed by atoms with Gasteiger partial charge in [-0.05, 0) is 0 Å². The molecule has 0 aliphatic heterocycles. The Bertz CT molecular complexity index is 1240. The molecular formula is C29H33GeN. The Morgan fingerprint density at radius 3 is 2.10 bits per heavy atom. The number of aromatic nitrogens is 1. The van der Waals surface area contributed by atoms with Gasteiger partial charge < -0.3 is 0 Å². The van der Waals surface area contributed by atoms with Crippen molar-refractivity contribution in [3.8, 4) is 22.4 Å². The maximum atomic E-state index is 4.83. The summed E-state index contributed by atoms with van der Waals surface area (Å²) in [7, 11) is 0. The Balaban J connectivity index is 1.85. The van der Waals surface area contributed by atoms with Crippen LogP contribution in [0, 0.1) is 6.92 Å². The van der Waals surface area contributed by atoms with E-state index in [1.54, 1.807) is 4.40 Å². The summed E-state index contributed by atoms with van der Waals surface area (Å²) >= 11 is -1.81. The van der Waals surface area contributed by atoms with Crippen LogP contribution in [0.3, 0.4) is 0 Å². The summed E-state index contributed by atoms with van der Waals surface area (Å²) in [5, 5.41) is 2.60. The average Bonchev–Trinajstić information content (AvgIpc) is 2.72. The van der Waals surface area contributed by atoms with Gasteiger partial charge in [0.15, 0.2) is 0 Å². The molecule has 31 heavy (non-hydrogen) atoms. The fraction of sp³-hybridized carbons (Fsp3) is 0.276. The van der Waals surface area contributed by atoms with Crippen molar-refractivity contribution in [2.75, 3.05) is 0 Å². The van der Waals surface area contributed by atoms with Crippen molar-refractivity contribution in [1.82, 2.24) is 4.98 Å². The molecule has 0 fully saturated rings. The summed E-state index contributed by atoms with van der Waals surface area (Å²) < 4.78 is 1.54. The Morgan fingerprint density at radius 1 is 0.774 bits per heavy atom. The minimum absolute atomic E-state index is 0.0666. The molecule has 1 heterocycles. The molecule has 0 saturated heterocycles. The zero-order chi connectivity index (χ0) is 22.4. The van der Waals surface area contributed by atoms with E-state index >= 15 is 0 Å². The van der Waals surface area contributed by atoms with Crippen molar-refractivity contribution in [1.29, 1.82) is 0 Å². The topological polar surface area (TPSA) is 12.9 Å². The number of fused-ring (bicyclic) bond motifs is 1. The van der Waals surface area contributed by atoms with E-state index in [0.29, 0.717) is 0 Å². The van der Waals surface area contributed by atoms with Crippen LogP contribution in [0.25, 0.3) is 33.2 Å². The third-order valence-electron chi connectivity index (χ3n) is 6.13. The van der Waals surface area contributed by atoms with Crippen molar-refractivity contribution >= 4 is 28.4 Å². The molecule has 0 bridgehead atoms. The molecular weight excluding hydrogens is 435 g/mol. The first-order valence-electron chi connectivity index (χ1n) is 11.2. The predicted octanol–water partition coefficient (Wildman–Crippen LogP) is 7.72. The van der Waals surface area contributed by atoms with Gasteiger partial charge in [-0.3, -0.25) is 0 Å². The summed E-state index contributed by atoms with van der Waals surface area (Å²) in [5.74, 6) is 7.33. The molecule has 1 nitrogen and oxygen atoms in total. The zero-order valence-electron chi connectivity index (χ0n) is 19.9. The van der Waals surface area contributed by atoms with Crippen LogP contribution in [-0.4, -0.2) is 18.3 Å². The summed E-state index contributed by atoms with van der Waals surface area (Å²) in [6.07, 6.45) is 2.02. The van der Waals surface area contributed by atoms with Crippen LogP contribution < -0.4 is 4.40 Å². The molecule has 0 atom stereocenters. The monoisotopic (exact) mass is 469 g/mol. The Labute approximate surface area is 189 Å². The number of hydrogen-bond donors (Lipinski definition) is 0. The molecule has 0 spiro atoms. The summed E-state index contributed by atoms with van der Waals surface area (Å²) in [4.78, 5) is 4.83. The van der Waals surface area contributed by atoms with Crippen LogP contribution in [0.5, 0.6) is 0 Å². The van der Waals surface area contributed by atoms with E-state index in [-0.39, 0.29) is 5.41 Å². The molecule has 0 aliphatic carbocycles. The second kappa shape index (κ2) is 7.95. The molecule has 158 valence electrons. The number of hydrogen-bond acceptors (Lipinski definition) is 1. The van der Waals surface area contributed by atoms with Crippen LogP contribution >= 0.6 is 0 Å². The van der Waals surface area contributed by atoms with E-state index in [2.05, 4.69) is 112 Å². The molecule has 0 amide bonds. The molecule has 0 aliphatic rings. The van der Waals surface area contributed by atoms with Crippen molar-refractivity contribution < 1.29 is 0 Å². The van der Waals surface area contributed by atoms with Gasteiger partial charge in [-0.2, -0.15) is 0 Å². The predicted molar refractivity (Wildman–Crippen MR) is 139 cm³/mol. The second-order valence-corrected chi connectivity index (χ2v) is 21.4. The van der Waals surface area contributed by atoms with E-state index in [4.69, 9.17) is 4.98 Å². The van der Waals surface area contributed by atoms with Gasteiger partial charge in [0, 0.05) is 0 Å². The normalized spacial score (nSPS) is 12.4. The standard InChI is InChI=1S/C29H33GeN/c1-20-19-31-28(18-26(20)21-12-14-24(15-13-21)30(5,6)7)23-16-22-10-8-9-11-25(22)27(17-23)29(2,3)4/h8-19H,1-7H3.